The highest BCUT2D eigenvalue weighted by molar-refractivity contribution is 5.99. The number of likely N-dealkylation sites (tertiary alicyclic amines) is 1. The van der Waals surface area contributed by atoms with Crippen LogP contribution in [0, 0.1) is 17.8 Å². The monoisotopic (exact) mass is 381 g/mol. The van der Waals surface area contributed by atoms with Gasteiger partial charge in [-0.25, -0.2) is 0 Å². The van der Waals surface area contributed by atoms with Crippen molar-refractivity contribution >= 4 is 17.7 Å². The third-order valence-electron chi connectivity index (χ3n) is 6.76. The Balaban J connectivity index is 2.02. The molecule has 3 saturated heterocycles. The Hall–Kier alpha value is -1.67. The lowest BCUT2D eigenvalue weighted by molar-refractivity contribution is -0.147. The molecule has 2 bridgehead atoms. The zero-order valence-electron chi connectivity index (χ0n) is 16.6. The number of carbonyl (C=O) groups is 3. The normalized spacial score (nSPS) is 39.6. The van der Waals surface area contributed by atoms with E-state index in [2.05, 4.69) is 10.6 Å². The molecule has 0 saturated carbocycles. The fourth-order valence-electron chi connectivity index (χ4n) is 5.43. The van der Waals surface area contributed by atoms with Crippen LogP contribution in [0.25, 0.3) is 0 Å². The zero-order chi connectivity index (χ0) is 20.0. The van der Waals surface area contributed by atoms with Gasteiger partial charge < -0.3 is 25.4 Å². The number of carbonyl (C=O) groups excluding carboxylic acids is 3. The minimum absolute atomic E-state index is 0.0314. The average Bonchev–Trinajstić information content (AvgIpc) is 3.13. The lowest BCUT2D eigenvalue weighted by atomic mass is 9.62. The van der Waals surface area contributed by atoms with Crippen LogP contribution >= 0.6 is 0 Å². The van der Waals surface area contributed by atoms with Gasteiger partial charge in [-0.1, -0.05) is 20.3 Å². The molecular weight excluding hydrogens is 350 g/mol. The van der Waals surface area contributed by atoms with E-state index in [0.29, 0.717) is 13.0 Å². The molecule has 3 amide bonds. The molecule has 6 atom stereocenters. The smallest absolute Gasteiger partial charge is 0.245 e. The standard InChI is InChI=1S/C19H31N3O5/c1-5-6-7-21-16(25)14-19-10-11(2)18(3,27-19)12(15(24)20-4)13(19)17(26)22(14)8-9-23/h11-14,23H,5-10H2,1-4H3,(H,20,24)(H,21,25)/t11?,12-,13-,14?,18+,19?/m0/s1. The molecule has 3 aliphatic rings. The predicted molar refractivity (Wildman–Crippen MR) is 97.6 cm³/mol. The molecule has 3 fully saturated rings. The van der Waals surface area contributed by atoms with Crippen molar-refractivity contribution in [3.63, 3.8) is 0 Å². The molecule has 0 aromatic heterocycles. The molecule has 0 aromatic carbocycles. The molecule has 3 unspecified atom stereocenters. The summed E-state index contributed by atoms with van der Waals surface area (Å²) in [5, 5.41) is 15.0. The number of hydrogen-bond acceptors (Lipinski definition) is 5. The Bertz CT molecular complexity index is 641. The van der Waals surface area contributed by atoms with E-state index in [0.717, 1.165) is 12.8 Å². The first kappa shape index (κ1) is 20.1. The SMILES string of the molecule is CCCCNC(=O)C1N(CCO)C(=O)[C@@H]2[C@@H](C(=O)NC)[C@]3(C)OC12CC3C. The van der Waals surface area contributed by atoms with Gasteiger partial charge in [0.15, 0.2) is 0 Å². The van der Waals surface area contributed by atoms with Gasteiger partial charge in [0.05, 0.1) is 24.0 Å². The summed E-state index contributed by atoms with van der Waals surface area (Å²) in [6.07, 6.45) is 2.34. The van der Waals surface area contributed by atoms with Crippen LogP contribution in [-0.2, 0) is 19.1 Å². The number of aliphatic hydroxyl groups is 1. The van der Waals surface area contributed by atoms with Crippen LogP contribution in [0.3, 0.4) is 0 Å². The number of aliphatic hydroxyl groups excluding tert-OH is 1. The maximum absolute atomic E-state index is 13.3. The molecular formula is C19H31N3O5. The number of fused-ring (bicyclic) bond motifs is 1. The fraction of sp³-hybridized carbons (Fsp3) is 0.842. The van der Waals surface area contributed by atoms with Crippen LogP contribution < -0.4 is 10.6 Å². The summed E-state index contributed by atoms with van der Waals surface area (Å²) in [5.41, 5.74) is -1.80. The molecule has 8 nitrogen and oxygen atoms in total. The molecule has 27 heavy (non-hydrogen) atoms. The number of β-amino-alcohol motifs (C(OH)–C–C–N with tert-alkyl or cyclic N) is 1. The largest absolute Gasteiger partial charge is 0.395 e. The van der Waals surface area contributed by atoms with Crippen LogP contribution in [0.2, 0.25) is 0 Å². The molecule has 0 aromatic rings. The Morgan fingerprint density at radius 2 is 2.07 bits per heavy atom. The summed E-state index contributed by atoms with van der Waals surface area (Å²) in [7, 11) is 1.55. The number of nitrogens with zero attached hydrogens (tertiary/aromatic N) is 1. The molecule has 0 radical (unpaired) electrons. The first-order valence-electron chi connectivity index (χ1n) is 9.89. The van der Waals surface area contributed by atoms with Gasteiger partial charge in [0.2, 0.25) is 17.7 Å². The van der Waals surface area contributed by atoms with Crippen molar-refractivity contribution in [1.29, 1.82) is 0 Å². The van der Waals surface area contributed by atoms with E-state index in [1.54, 1.807) is 7.05 Å². The fourth-order valence-corrected chi connectivity index (χ4v) is 5.43. The first-order valence-corrected chi connectivity index (χ1v) is 9.89. The Labute approximate surface area is 160 Å². The summed E-state index contributed by atoms with van der Waals surface area (Å²) >= 11 is 0. The quantitative estimate of drug-likeness (QED) is 0.523. The predicted octanol–water partition coefficient (Wildman–Crippen LogP) is -0.348. The van der Waals surface area contributed by atoms with Crippen LogP contribution in [0.1, 0.15) is 40.0 Å². The van der Waals surface area contributed by atoms with E-state index in [1.165, 1.54) is 4.90 Å². The van der Waals surface area contributed by atoms with Crippen molar-refractivity contribution in [2.75, 3.05) is 26.7 Å². The van der Waals surface area contributed by atoms with Crippen molar-refractivity contribution in [1.82, 2.24) is 15.5 Å². The Morgan fingerprint density at radius 3 is 2.67 bits per heavy atom. The number of rotatable bonds is 7. The van der Waals surface area contributed by atoms with Crippen molar-refractivity contribution in [3.8, 4) is 0 Å². The third-order valence-corrected chi connectivity index (χ3v) is 6.76. The second-order valence-electron chi connectivity index (χ2n) is 8.22. The topological polar surface area (TPSA) is 108 Å². The summed E-state index contributed by atoms with van der Waals surface area (Å²) in [4.78, 5) is 40.4. The van der Waals surface area contributed by atoms with Crippen LogP contribution in [0.15, 0.2) is 0 Å². The molecule has 3 rings (SSSR count). The molecule has 152 valence electrons. The number of hydrogen-bond donors (Lipinski definition) is 3. The molecule has 1 spiro atoms. The van der Waals surface area contributed by atoms with Gasteiger partial charge in [-0.15, -0.1) is 0 Å². The van der Waals surface area contributed by atoms with Gasteiger partial charge in [0.25, 0.3) is 0 Å². The van der Waals surface area contributed by atoms with Gasteiger partial charge in [0, 0.05) is 20.1 Å². The number of nitrogens with one attached hydrogen (secondary N) is 2. The second kappa shape index (κ2) is 7.05. The van der Waals surface area contributed by atoms with Crippen molar-refractivity contribution in [3.05, 3.63) is 0 Å². The van der Waals surface area contributed by atoms with Gasteiger partial charge in [-0.2, -0.15) is 0 Å². The van der Waals surface area contributed by atoms with E-state index in [-0.39, 0.29) is 36.8 Å². The van der Waals surface area contributed by atoms with E-state index in [9.17, 15) is 19.5 Å². The lowest BCUT2D eigenvalue weighted by Gasteiger charge is -2.36. The van der Waals surface area contributed by atoms with Gasteiger partial charge in [-0.3, -0.25) is 14.4 Å². The summed E-state index contributed by atoms with van der Waals surface area (Å²) in [6, 6.07) is -0.821. The van der Waals surface area contributed by atoms with Crippen LogP contribution in [-0.4, -0.2) is 71.7 Å². The summed E-state index contributed by atoms with van der Waals surface area (Å²) in [5.74, 6) is -2.09. The Morgan fingerprint density at radius 1 is 1.37 bits per heavy atom. The summed E-state index contributed by atoms with van der Waals surface area (Å²) in [6.45, 7) is 6.25. The summed E-state index contributed by atoms with van der Waals surface area (Å²) < 4.78 is 6.44. The molecule has 0 aliphatic carbocycles. The number of unbranched alkanes of at least 4 members (excludes halogenated alkanes) is 1. The minimum Gasteiger partial charge on any atom is -0.395 e. The highest BCUT2D eigenvalue weighted by Crippen LogP contribution is 2.65. The van der Waals surface area contributed by atoms with E-state index < -0.39 is 29.1 Å². The number of ether oxygens (including phenoxy) is 1. The minimum atomic E-state index is -1.02. The van der Waals surface area contributed by atoms with Gasteiger partial charge in [0.1, 0.15) is 11.6 Å². The molecule has 8 heteroatoms. The first-order chi connectivity index (χ1) is 12.8. The number of amides is 3. The maximum atomic E-state index is 13.3. The van der Waals surface area contributed by atoms with Crippen molar-refractivity contribution < 1.29 is 24.2 Å². The third kappa shape index (κ3) is 2.68. The average molecular weight is 381 g/mol. The molecule has 3 N–H and O–H groups in total. The van der Waals surface area contributed by atoms with Gasteiger partial charge in [-0.05, 0) is 25.7 Å². The highest BCUT2D eigenvalue weighted by Gasteiger charge is 2.79. The van der Waals surface area contributed by atoms with E-state index in [4.69, 9.17) is 4.74 Å². The van der Waals surface area contributed by atoms with Crippen LogP contribution in [0.4, 0.5) is 0 Å². The van der Waals surface area contributed by atoms with Crippen molar-refractivity contribution in [2.24, 2.45) is 17.8 Å². The van der Waals surface area contributed by atoms with E-state index >= 15 is 0 Å². The van der Waals surface area contributed by atoms with Crippen LogP contribution in [0.5, 0.6) is 0 Å². The lowest BCUT2D eigenvalue weighted by Crippen LogP contribution is -2.56. The zero-order valence-corrected chi connectivity index (χ0v) is 16.6. The molecule has 3 aliphatic heterocycles. The maximum Gasteiger partial charge on any atom is 0.245 e. The van der Waals surface area contributed by atoms with E-state index in [1.807, 2.05) is 20.8 Å². The second-order valence-corrected chi connectivity index (χ2v) is 8.22. The molecule has 3 heterocycles. The highest BCUT2D eigenvalue weighted by atomic mass is 16.5. The van der Waals surface area contributed by atoms with Crippen molar-refractivity contribution in [2.45, 2.75) is 57.3 Å². The van der Waals surface area contributed by atoms with Gasteiger partial charge >= 0.3 is 0 Å². The Kier molecular flexibility index (Phi) is 5.24.